The zero-order valence-electron chi connectivity index (χ0n) is 6.57. The Morgan fingerprint density at radius 2 is 2.08 bits per heavy atom. The van der Waals surface area contributed by atoms with Crippen LogP contribution in [0.5, 0.6) is 5.75 Å². The van der Waals surface area contributed by atoms with E-state index in [1.807, 2.05) is 12.1 Å². The van der Waals surface area contributed by atoms with Crippen molar-refractivity contribution in [3.8, 4) is 16.3 Å². The Balaban J connectivity index is 2.52. The third-order valence-corrected chi connectivity index (χ3v) is 2.76. The Bertz CT molecular complexity index is 427. The van der Waals surface area contributed by atoms with Crippen LogP contribution in [0.4, 0.5) is 0 Å². The monoisotopic (exact) mass is 211 g/mol. The van der Waals surface area contributed by atoms with Crippen molar-refractivity contribution >= 4 is 22.9 Å². The van der Waals surface area contributed by atoms with Gasteiger partial charge < -0.3 is 5.11 Å². The van der Waals surface area contributed by atoms with E-state index in [2.05, 4.69) is 4.98 Å². The van der Waals surface area contributed by atoms with Gasteiger partial charge in [-0.25, -0.2) is 4.98 Å². The highest BCUT2D eigenvalue weighted by molar-refractivity contribution is 7.18. The van der Waals surface area contributed by atoms with Crippen molar-refractivity contribution in [1.29, 1.82) is 0 Å². The van der Waals surface area contributed by atoms with Gasteiger partial charge in [-0.15, -0.1) is 11.3 Å². The summed E-state index contributed by atoms with van der Waals surface area (Å²) in [5.74, 6) is 0.230. The van der Waals surface area contributed by atoms with Crippen molar-refractivity contribution in [3.63, 3.8) is 0 Å². The van der Waals surface area contributed by atoms with E-state index in [1.165, 1.54) is 11.3 Å². The number of hydrogen-bond donors (Lipinski definition) is 1. The number of para-hydroxylation sites is 1. The van der Waals surface area contributed by atoms with Gasteiger partial charge in [0.1, 0.15) is 15.1 Å². The van der Waals surface area contributed by atoms with Gasteiger partial charge in [-0.05, 0) is 12.1 Å². The molecule has 1 heterocycles. The van der Waals surface area contributed by atoms with Gasteiger partial charge in [0.05, 0.1) is 11.8 Å². The minimum atomic E-state index is 0.230. The molecule has 0 spiro atoms. The first-order valence-corrected chi connectivity index (χ1v) is 4.86. The summed E-state index contributed by atoms with van der Waals surface area (Å²) in [5, 5.41) is 10.2. The van der Waals surface area contributed by atoms with Gasteiger partial charge in [0.25, 0.3) is 0 Å². The summed E-state index contributed by atoms with van der Waals surface area (Å²) in [6, 6.07) is 7.06. The van der Waals surface area contributed by atoms with E-state index in [0.29, 0.717) is 4.34 Å². The largest absolute Gasteiger partial charge is 0.507 e. The Labute approximate surface area is 84.4 Å². The second kappa shape index (κ2) is 3.36. The first-order valence-electron chi connectivity index (χ1n) is 3.67. The molecule has 1 aromatic carbocycles. The van der Waals surface area contributed by atoms with Crippen LogP contribution in [0.3, 0.4) is 0 Å². The zero-order chi connectivity index (χ0) is 9.26. The Hall–Kier alpha value is -1.06. The topological polar surface area (TPSA) is 33.1 Å². The number of thiazole rings is 1. The number of nitrogens with zero attached hydrogens (tertiary/aromatic N) is 1. The average Bonchev–Trinajstić information content (AvgIpc) is 2.53. The van der Waals surface area contributed by atoms with E-state index in [1.54, 1.807) is 18.3 Å². The molecule has 2 nitrogen and oxygen atoms in total. The highest BCUT2D eigenvalue weighted by atomic mass is 35.5. The summed E-state index contributed by atoms with van der Waals surface area (Å²) >= 11 is 7.09. The maximum atomic E-state index is 9.50. The Morgan fingerprint density at radius 1 is 1.31 bits per heavy atom. The van der Waals surface area contributed by atoms with Gasteiger partial charge in [0.15, 0.2) is 0 Å². The Kier molecular flexibility index (Phi) is 2.20. The number of aromatic nitrogens is 1. The lowest BCUT2D eigenvalue weighted by atomic mass is 10.2. The molecule has 4 heteroatoms. The van der Waals surface area contributed by atoms with E-state index in [4.69, 9.17) is 11.6 Å². The number of phenolic OH excluding ortho intramolecular Hbond substituents is 1. The van der Waals surface area contributed by atoms with Crippen LogP contribution in [0.2, 0.25) is 4.34 Å². The first kappa shape index (κ1) is 8.53. The molecule has 2 rings (SSSR count). The first-order chi connectivity index (χ1) is 6.27. The third kappa shape index (κ3) is 1.66. The lowest BCUT2D eigenvalue weighted by molar-refractivity contribution is 0.477. The Morgan fingerprint density at radius 3 is 2.69 bits per heavy atom. The van der Waals surface area contributed by atoms with Gasteiger partial charge in [-0.2, -0.15) is 0 Å². The number of benzene rings is 1. The molecule has 0 amide bonds. The summed E-state index contributed by atoms with van der Waals surface area (Å²) < 4.78 is 0.623. The number of rotatable bonds is 1. The molecule has 0 radical (unpaired) electrons. The quantitative estimate of drug-likeness (QED) is 0.786. The minimum absolute atomic E-state index is 0.230. The normalized spacial score (nSPS) is 10.2. The lowest BCUT2D eigenvalue weighted by Crippen LogP contribution is -1.75. The molecule has 0 bridgehead atoms. The van der Waals surface area contributed by atoms with E-state index in [-0.39, 0.29) is 5.75 Å². The van der Waals surface area contributed by atoms with E-state index < -0.39 is 0 Å². The molecular formula is C9H6ClNOS. The number of phenols is 1. The van der Waals surface area contributed by atoms with Gasteiger partial charge >= 0.3 is 0 Å². The van der Waals surface area contributed by atoms with Gasteiger partial charge in [-0.1, -0.05) is 23.7 Å². The van der Waals surface area contributed by atoms with Crippen LogP contribution in [0.25, 0.3) is 10.6 Å². The van der Waals surface area contributed by atoms with Gasteiger partial charge in [0.2, 0.25) is 0 Å². The van der Waals surface area contributed by atoms with E-state index in [0.717, 1.165) is 10.6 Å². The molecule has 1 aromatic heterocycles. The van der Waals surface area contributed by atoms with Crippen molar-refractivity contribution in [2.45, 2.75) is 0 Å². The lowest BCUT2D eigenvalue weighted by Gasteiger charge is -1.97. The van der Waals surface area contributed by atoms with Crippen LogP contribution in [-0.2, 0) is 0 Å². The van der Waals surface area contributed by atoms with Crippen LogP contribution in [-0.4, -0.2) is 10.1 Å². The molecule has 0 fully saturated rings. The van der Waals surface area contributed by atoms with Gasteiger partial charge in [0, 0.05) is 0 Å². The van der Waals surface area contributed by atoms with Crippen molar-refractivity contribution < 1.29 is 5.11 Å². The van der Waals surface area contributed by atoms with E-state index >= 15 is 0 Å². The van der Waals surface area contributed by atoms with Crippen LogP contribution in [0.1, 0.15) is 0 Å². The zero-order valence-corrected chi connectivity index (χ0v) is 8.14. The number of halogens is 1. The second-order valence-corrected chi connectivity index (χ2v) is 4.15. The summed E-state index contributed by atoms with van der Waals surface area (Å²) in [5.41, 5.74) is 0.722. The van der Waals surface area contributed by atoms with E-state index in [9.17, 15) is 5.11 Å². The average molecular weight is 212 g/mol. The van der Waals surface area contributed by atoms with Crippen LogP contribution in [0, 0.1) is 0 Å². The minimum Gasteiger partial charge on any atom is -0.507 e. The molecule has 66 valence electrons. The molecule has 0 aliphatic rings. The number of aromatic hydroxyl groups is 1. The maximum absolute atomic E-state index is 9.50. The van der Waals surface area contributed by atoms with Crippen LogP contribution in [0.15, 0.2) is 30.5 Å². The van der Waals surface area contributed by atoms with Crippen molar-refractivity contribution in [3.05, 3.63) is 34.8 Å². The standard InChI is InChI=1S/C9H6ClNOS/c10-8-5-11-9(13-8)6-3-1-2-4-7(6)12/h1-5,12H. The molecule has 1 N–H and O–H groups in total. The fourth-order valence-electron chi connectivity index (χ4n) is 1.03. The fourth-order valence-corrected chi connectivity index (χ4v) is 1.98. The van der Waals surface area contributed by atoms with Crippen molar-refractivity contribution in [2.75, 3.05) is 0 Å². The molecule has 0 aliphatic carbocycles. The molecule has 0 saturated carbocycles. The highest BCUT2D eigenvalue weighted by Crippen LogP contribution is 2.33. The predicted molar refractivity (Wildman–Crippen MR) is 54.2 cm³/mol. The third-order valence-electron chi connectivity index (χ3n) is 1.61. The summed E-state index contributed by atoms with van der Waals surface area (Å²) in [6.07, 6.45) is 1.58. The predicted octanol–water partition coefficient (Wildman–Crippen LogP) is 3.17. The number of hydrogen-bond acceptors (Lipinski definition) is 3. The van der Waals surface area contributed by atoms with Crippen LogP contribution < -0.4 is 0 Å². The van der Waals surface area contributed by atoms with Crippen molar-refractivity contribution in [1.82, 2.24) is 4.98 Å². The highest BCUT2D eigenvalue weighted by Gasteiger charge is 2.06. The second-order valence-electron chi connectivity index (χ2n) is 2.49. The molecule has 13 heavy (non-hydrogen) atoms. The van der Waals surface area contributed by atoms with Gasteiger partial charge in [-0.3, -0.25) is 0 Å². The van der Waals surface area contributed by atoms with Crippen molar-refractivity contribution in [2.24, 2.45) is 0 Å². The maximum Gasteiger partial charge on any atom is 0.128 e. The molecular weight excluding hydrogens is 206 g/mol. The molecule has 0 aliphatic heterocycles. The molecule has 0 saturated heterocycles. The summed E-state index contributed by atoms with van der Waals surface area (Å²) in [7, 11) is 0. The molecule has 0 unspecified atom stereocenters. The summed E-state index contributed by atoms with van der Waals surface area (Å²) in [4.78, 5) is 4.07. The summed E-state index contributed by atoms with van der Waals surface area (Å²) in [6.45, 7) is 0. The SMILES string of the molecule is Oc1ccccc1-c1ncc(Cl)s1. The molecule has 0 atom stereocenters. The fraction of sp³-hybridized carbons (Fsp3) is 0. The van der Waals surface area contributed by atoms with Crippen LogP contribution >= 0.6 is 22.9 Å². The molecule has 2 aromatic rings. The smallest absolute Gasteiger partial charge is 0.128 e.